The maximum atomic E-state index is 12.0. The molecule has 2 N–H and O–H groups in total. The van der Waals surface area contributed by atoms with Crippen molar-refractivity contribution in [2.24, 2.45) is 0 Å². The molecule has 0 amide bonds. The van der Waals surface area contributed by atoms with Crippen LogP contribution in [0.25, 0.3) is 0 Å². The van der Waals surface area contributed by atoms with Gasteiger partial charge >= 0.3 is 0 Å². The monoisotopic (exact) mass is 536 g/mol. The van der Waals surface area contributed by atoms with Crippen LogP contribution in [0.4, 0.5) is 0 Å². The Hall–Kier alpha value is -1.34. The highest BCUT2D eigenvalue weighted by Gasteiger charge is 2.45. The first kappa shape index (κ1) is 30.9. The lowest BCUT2D eigenvalue weighted by Gasteiger charge is -2.54. The Balaban J connectivity index is 2.82. The molecule has 0 saturated carbocycles. The highest BCUT2D eigenvalue weighted by atomic mass is 31.2. The molecule has 0 aliphatic rings. The van der Waals surface area contributed by atoms with E-state index in [0.29, 0.717) is 32.1 Å². The number of benzene rings is 2. The smallest absolute Gasteiger partial charge is 0.0999 e. The van der Waals surface area contributed by atoms with E-state index in [1.807, 2.05) is 88.4 Å². The Morgan fingerprint density at radius 2 is 1.00 bits per heavy atom. The van der Waals surface area contributed by atoms with Crippen molar-refractivity contribution in [3.8, 4) is 0 Å². The summed E-state index contributed by atoms with van der Waals surface area (Å²) >= 11 is 0. The third-order valence-electron chi connectivity index (χ3n) is 7.24. The molecule has 10 heteroatoms. The van der Waals surface area contributed by atoms with E-state index >= 15 is 0 Å². The van der Waals surface area contributed by atoms with Crippen LogP contribution >= 0.6 is 15.2 Å². The van der Waals surface area contributed by atoms with E-state index in [1.165, 1.54) is 0 Å². The predicted molar refractivity (Wildman–Crippen MR) is 136 cm³/mol. The van der Waals surface area contributed by atoms with Crippen molar-refractivity contribution in [1.29, 1.82) is 0 Å². The quantitative estimate of drug-likeness (QED) is 0.260. The van der Waals surface area contributed by atoms with Gasteiger partial charge in [-0.25, -0.2) is 0 Å². The molecule has 0 aliphatic carbocycles. The van der Waals surface area contributed by atoms with E-state index in [9.17, 15) is 28.7 Å². The minimum atomic E-state index is -4.91. The molecule has 0 unspecified atom stereocenters. The lowest BCUT2D eigenvalue weighted by atomic mass is 9.82. The molecule has 202 valence electrons. The molecule has 8 nitrogen and oxygen atoms in total. The second kappa shape index (κ2) is 12.5. The Morgan fingerprint density at radius 3 is 1.33 bits per heavy atom. The molecule has 0 aliphatic heterocycles. The van der Waals surface area contributed by atoms with Crippen LogP contribution in [0.1, 0.15) is 64.5 Å². The van der Waals surface area contributed by atoms with Gasteiger partial charge in [-0.3, -0.25) is 10.6 Å². The first-order chi connectivity index (χ1) is 16.8. The van der Waals surface area contributed by atoms with Crippen LogP contribution in [0.2, 0.25) is 0 Å². The number of rotatable bonds is 15. The van der Waals surface area contributed by atoms with E-state index < -0.39 is 44.3 Å². The van der Waals surface area contributed by atoms with Crippen molar-refractivity contribution in [3.63, 3.8) is 0 Å². The number of nitrogens with one attached hydrogen (secondary N) is 2. The normalized spacial score (nSPS) is 13.7. The van der Waals surface area contributed by atoms with Crippen LogP contribution in [0.3, 0.4) is 0 Å². The Bertz CT molecular complexity index is 989. The van der Waals surface area contributed by atoms with Crippen LogP contribution in [-0.2, 0) is 21.2 Å². The highest BCUT2D eigenvalue weighted by Crippen LogP contribution is 2.40. The summed E-state index contributed by atoms with van der Waals surface area (Å²) in [7, 11) is -9.83. The van der Waals surface area contributed by atoms with Gasteiger partial charge in [0.25, 0.3) is 0 Å². The van der Waals surface area contributed by atoms with E-state index in [2.05, 4.69) is 10.6 Å². The van der Waals surface area contributed by atoms with Gasteiger partial charge in [0, 0.05) is 17.5 Å². The lowest BCUT2D eigenvalue weighted by molar-refractivity contribution is -0.316. The largest absolute Gasteiger partial charge is 0.811 e. The maximum Gasteiger partial charge on any atom is 0.0999 e. The Kier molecular flexibility index (Phi) is 10.7. The summed E-state index contributed by atoms with van der Waals surface area (Å²) < 4.78 is 24.0. The fraction of sp³-hybridized carbons (Fsp3) is 0.538. The topological polar surface area (TPSA) is 150 Å². The zero-order valence-electron chi connectivity index (χ0n) is 21.6. The second-order valence-corrected chi connectivity index (χ2v) is 12.8. The fourth-order valence-corrected chi connectivity index (χ4v) is 7.55. The first-order valence-electron chi connectivity index (χ1n) is 12.5. The average molecular weight is 537 g/mol. The van der Waals surface area contributed by atoms with Gasteiger partial charge in [0.2, 0.25) is 0 Å². The molecule has 2 rings (SSSR count). The minimum Gasteiger partial charge on any atom is -0.811 e. The van der Waals surface area contributed by atoms with Crippen molar-refractivity contribution in [2.75, 3.05) is 12.3 Å². The fourth-order valence-electron chi connectivity index (χ4n) is 5.02. The second-order valence-electron chi connectivity index (χ2n) is 9.70. The van der Waals surface area contributed by atoms with Gasteiger partial charge in [0.15, 0.2) is 0 Å². The van der Waals surface area contributed by atoms with Crippen LogP contribution in [-0.4, -0.2) is 23.4 Å². The SMILES string of the molecule is CCC(CC)(CP(=O)([O-])[O-])NC(Cc1ccccc1)(NC(CC)(CC)CP(=O)([O-])[O-])c1ccccc1. The summed E-state index contributed by atoms with van der Waals surface area (Å²) in [5.41, 5.74) is -1.73. The Labute approximate surface area is 215 Å². The minimum absolute atomic E-state index is 0.311. The number of hydrogen-bond donors (Lipinski definition) is 2. The van der Waals surface area contributed by atoms with Crippen molar-refractivity contribution in [2.45, 2.75) is 76.5 Å². The van der Waals surface area contributed by atoms with Crippen LogP contribution in [0.15, 0.2) is 60.7 Å². The van der Waals surface area contributed by atoms with Gasteiger partial charge in [-0.2, -0.15) is 0 Å². The molecule has 0 fully saturated rings. The van der Waals surface area contributed by atoms with Gasteiger partial charge in [0.05, 0.1) is 5.66 Å². The Morgan fingerprint density at radius 1 is 0.639 bits per heavy atom. The molecule has 36 heavy (non-hydrogen) atoms. The van der Waals surface area contributed by atoms with Gasteiger partial charge in [-0.05, 0) is 49.1 Å². The lowest BCUT2D eigenvalue weighted by Crippen LogP contribution is -2.70. The van der Waals surface area contributed by atoms with Gasteiger partial charge < -0.3 is 28.7 Å². The third-order valence-corrected chi connectivity index (χ3v) is 9.22. The first-order valence-corrected chi connectivity index (χ1v) is 15.9. The number of hydrogen-bond acceptors (Lipinski definition) is 8. The standard InChI is InChI=1S/C26H42N2O6P2/c1-5-24(6-2,20-35(29,30)31)27-26(23-17-13-10-14-18-23,19-22-15-11-9-12-16-22)28-25(7-3,8-4)21-36(32,33)34/h9-18,27-28H,5-8,19-21H2,1-4H3,(H2,29,30,31)(H2,32,33,34)/p-4. The summed E-state index contributed by atoms with van der Waals surface area (Å²) in [4.78, 5) is 48.1. The zero-order chi connectivity index (χ0) is 27.1. The van der Waals surface area contributed by atoms with Crippen molar-refractivity contribution in [3.05, 3.63) is 71.8 Å². The third kappa shape index (κ3) is 8.61. The van der Waals surface area contributed by atoms with E-state index in [-0.39, 0.29) is 0 Å². The molecule has 0 atom stereocenters. The molecule has 0 saturated heterocycles. The van der Waals surface area contributed by atoms with Crippen LogP contribution < -0.4 is 30.2 Å². The van der Waals surface area contributed by atoms with Crippen LogP contribution in [0, 0.1) is 0 Å². The summed E-state index contributed by atoms with van der Waals surface area (Å²) in [5.74, 6) is 0. The average Bonchev–Trinajstić information content (AvgIpc) is 2.82. The summed E-state index contributed by atoms with van der Waals surface area (Å²) in [5, 5.41) is 7.07. The molecule has 0 aromatic heterocycles. The van der Waals surface area contributed by atoms with E-state index in [1.54, 1.807) is 0 Å². The van der Waals surface area contributed by atoms with Crippen molar-refractivity contribution in [1.82, 2.24) is 10.6 Å². The summed E-state index contributed by atoms with van der Waals surface area (Å²) in [6.07, 6.45) is 0.471. The summed E-state index contributed by atoms with van der Waals surface area (Å²) in [6.45, 7) is 7.28. The predicted octanol–water partition coefficient (Wildman–Crippen LogP) is 2.21. The molecule has 0 bridgehead atoms. The molecule has 2 aromatic carbocycles. The van der Waals surface area contributed by atoms with Crippen molar-refractivity contribution < 1.29 is 28.7 Å². The van der Waals surface area contributed by atoms with Gasteiger partial charge in [-0.15, -0.1) is 0 Å². The zero-order valence-corrected chi connectivity index (χ0v) is 23.4. The van der Waals surface area contributed by atoms with Crippen LogP contribution in [0.5, 0.6) is 0 Å². The van der Waals surface area contributed by atoms with Gasteiger partial charge in [-0.1, -0.05) is 104 Å². The van der Waals surface area contributed by atoms with Crippen molar-refractivity contribution >= 4 is 15.2 Å². The molecule has 0 heterocycles. The molecular formula is C26H38N2O6P2-4. The molecular weight excluding hydrogens is 498 g/mol. The van der Waals surface area contributed by atoms with E-state index in [0.717, 1.165) is 11.1 Å². The van der Waals surface area contributed by atoms with E-state index in [4.69, 9.17) is 0 Å². The molecule has 0 spiro atoms. The molecule has 2 aromatic rings. The molecule has 0 radical (unpaired) electrons. The highest BCUT2D eigenvalue weighted by molar-refractivity contribution is 7.49. The van der Waals surface area contributed by atoms with Gasteiger partial charge in [0.1, 0.15) is 0 Å². The maximum absolute atomic E-state index is 12.0. The summed E-state index contributed by atoms with van der Waals surface area (Å²) in [6, 6.07) is 18.8.